The molecule has 0 saturated carbocycles. The highest BCUT2D eigenvalue weighted by molar-refractivity contribution is 7.12. The molecule has 0 spiro atoms. The second-order valence-corrected chi connectivity index (χ2v) is 5.99. The van der Waals surface area contributed by atoms with Crippen LogP contribution in [0.5, 0.6) is 11.5 Å². The topological polar surface area (TPSA) is 102 Å². The number of methoxy groups -OCH3 is 1. The van der Waals surface area contributed by atoms with Gasteiger partial charge in [0.15, 0.2) is 16.4 Å². The van der Waals surface area contributed by atoms with Crippen molar-refractivity contribution in [3.8, 4) is 11.5 Å². The van der Waals surface area contributed by atoms with E-state index in [1.807, 2.05) is 0 Å². The van der Waals surface area contributed by atoms with Crippen LogP contribution in [0.1, 0.15) is 15.2 Å². The van der Waals surface area contributed by atoms with Crippen molar-refractivity contribution in [2.75, 3.05) is 12.4 Å². The van der Waals surface area contributed by atoms with Gasteiger partial charge in [0.2, 0.25) is 5.91 Å². The SMILES string of the molecule is COC(=O)c1sccc1Oc1ccc(C(F)(F)F)cc1NC(=O)C=CC(=O)O. The summed E-state index contributed by atoms with van der Waals surface area (Å²) >= 11 is 0.997. The van der Waals surface area contributed by atoms with Crippen LogP contribution >= 0.6 is 11.3 Å². The molecule has 1 amide bonds. The van der Waals surface area contributed by atoms with Crippen molar-refractivity contribution < 1.29 is 42.1 Å². The van der Waals surface area contributed by atoms with Gasteiger partial charge < -0.3 is 19.9 Å². The first-order valence-corrected chi connectivity index (χ1v) is 8.26. The molecule has 2 rings (SSSR count). The lowest BCUT2D eigenvalue weighted by Gasteiger charge is -2.14. The summed E-state index contributed by atoms with van der Waals surface area (Å²) in [6, 6.07) is 3.75. The molecule has 0 radical (unpaired) electrons. The van der Waals surface area contributed by atoms with E-state index >= 15 is 0 Å². The molecule has 0 fully saturated rings. The van der Waals surface area contributed by atoms with Gasteiger partial charge in [-0.2, -0.15) is 13.2 Å². The van der Waals surface area contributed by atoms with E-state index in [0.29, 0.717) is 18.2 Å². The second kappa shape index (κ2) is 8.57. The van der Waals surface area contributed by atoms with Crippen LogP contribution < -0.4 is 10.1 Å². The van der Waals surface area contributed by atoms with E-state index in [2.05, 4.69) is 10.1 Å². The molecular weight excluding hydrogens is 403 g/mol. The lowest BCUT2D eigenvalue weighted by Crippen LogP contribution is -2.12. The number of thiophene rings is 1. The molecule has 7 nitrogen and oxygen atoms in total. The van der Waals surface area contributed by atoms with Gasteiger partial charge in [-0.05, 0) is 29.6 Å². The van der Waals surface area contributed by atoms with E-state index in [9.17, 15) is 27.6 Å². The third kappa shape index (κ3) is 5.33. The third-order valence-electron chi connectivity index (χ3n) is 3.16. The van der Waals surface area contributed by atoms with Gasteiger partial charge in [0, 0.05) is 12.2 Å². The van der Waals surface area contributed by atoms with E-state index in [4.69, 9.17) is 9.84 Å². The van der Waals surface area contributed by atoms with Crippen LogP contribution in [-0.4, -0.2) is 30.1 Å². The van der Waals surface area contributed by atoms with Gasteiger partial charge in [-0.3, -0.25) is 4.79 Å². The molecule has 0 aliphatic carbocycles. The van der Waals surface area contributed by atoms with Gasteiger partial charge in [-0.15, -0.1) is 11.3 Å². The highest BCUT2D eigenvalue weighted by Gasteiger charge is 2.31. The summed E-state index contributed by atoms with van der Waals surface area (Å²) in [5.74, 6) is -3.25. The van der Waals surface area contributed by atoms with Gasteiger partial charge >= 0.3 is 18.1 Å². The number of halogens is 3. The summed E-state index contributed by atoms with van der Waals surface area (Å²) in [6.07, 6.45) is -3.52. The van der Waals surface area contributed by atoms with Crippen LogP contribution in [0.4, 0.5) is 18.9 Å². The third-order valence-corrected chi connectivity index (χ3v) is 4.04. The largest absolute Gasteiger partial charge is 0.478 e. The molecule has 0 saturated heterocycles. The zero-order valence-electron chi connectivity index (χ0n) is 14.1. The van der Waals surface area contributed by atoms with Crippen molar-refractivity contribution in [2.45, 2.75) is 6.18 Å². The number of carbonyl (C=O) groups excluding carboxylic acids is 2. The average molecular weight is 415 g/mol. The van der Waals surface area contributed by atoms with Gasteiger partial charge in [-0.1, -0.05) is 0 Å². The summed E-state index contributed by atoms with van der Waals surface area (Å²) in [6.45, 7) is 0. The summed E-state index contributed by atoms with van der Waals surface area (Å²) in [5, 5.41) is 12.2. The first-order chi connectivity index (χ1) is 13.1. The molecule has 0 aliphatic rings. The molecule has 0 bridgehead atoms. The number of carbonyl (C=O) groups is 3. The first kappa shape index (κ1) is 21.0. The standard InChI is InChI=1S/C17H12F3NO6S/c1-26-16(25)15-12(6-7-28-15)27-11-3-2-9(17(18,19)20)8-10(11)21-13(22)4-5-14(23)24/h2-8H,1H3,(H,21,22)(H,23,24). The van der Waals surface area contributed by atoms with Crippen molar-refractivity contribution in [1.82, 2.24) is 0 Å². The first-order valence-electron chi connectivity index (χ1n) is 7.38. The van der Waals surface area contributed by atoms with Crippen molar-refractivity contribution >= 4 is 34.9 Å². The Morgan fingerprint density at radius 2 is 1.86 bits per heavy atom. The van der Waals surface area contributed by atoms with Gasteiger partial charge in [0.25, 0.3) is 0 Å². The lowest BCUT2D eigenvalue weighted by atomic mass is 10.1. The number of hydrogen-bond acceptors (Lipinski definition) is 6. The Balaban J connectivity index is 2.40. The molecule has 1 aromatic heterocycles. The number of rotatable bonds is 6. The number of nitrogens with one attached hydrogen (secondary N) is 1. The Morgan fingerprint density at radius 1 is 1.14 bits per heavy atom. The molecule has 1 heterocycles. The lowest BCUT2D eigenvalue weighted by molar-refractivity contribution is -0.137. The molecule has 2 N–H and O–H groups in total. The van der Waals surface area contributed by atoms with E-state index in [0.717, 1.165) is 30.6 Å². The summed E-state index contributed by atoms with van der Waals surface area (Å²) in [4.78, 5) is 34.0. The quantitative estimate of drug-likeness (QED) is 0.548. The molecule has 148 valence electrons. The molecule has 0 atom stereocenters. The average Bonchev–Trinajstić information content (AvgIpc) is 3.08. The zero-order chi connectivity index (χ0) is 20.9. The van der Waals surface area contributed by atoms with E-state index in [1.54, 1.807) is 0 Å². The normalized spacial score (nSPS) is 11.3. The van der Waals surface area contributed by atoms with Gasteiger partial charge in [-0.25, -0.2) is 9.59 Å². The number of carboxylic acid groups (broad SMARTS) is 1. The van der Waals surface area contributed by atoms with Crippen LogP contribution in [0, 0.1) is 0 Å². The van der Waals surface area contributed by atoms with E-state index in [1.165, 1.54) is 11.4 Å². The van der Waals surface area contributed by atoms with Crippen molar-refractivity contribution in [3.63, 3.8) is 0 Å². The predicted octanol–water partition coefficient (Wildman–Crippen LogP) is 3.93. The molecular formula is C17H12F3NO6S. The minimum atomic E-state index is -4.69. The highest BCUT2D eigenvalue weighted by Crippen LogP contribution is 2.38. The fourth-order valence-electron chi connectivity index (χ4n) is 1.95. The molecule has 0 unspecified atom stereocenters. The number of ether oxygens (including phenoxy) is 2. The maximum absolute atomic E-state index is 13.0. The number of carboxylic acids is 1. The van der Waals surface area contributed by atoms with Gasteiger partial charge in [0.1, 0.15) is 0 Å². The van der Waals surface area contributed by atoms with Crippen molar-refractivity contribution in [2.24, 2.45) is 0 Å². The number of hydrogen-bond donors (Lipinski definition) is 2. The minimum Gasteiger partial charge on any atom is -0.478 e. The minimum absolute atomic E-state index is 0.0215. The fourth-order valence-corrected chi connectivity index (χ4v) is 2.69. The summed E-state index contributed by atoms with van der Waals surface area (Å²) in [5.41, 5.74) is -1.42. The molecule has 0 aliphatic heterocycles. The summed E-state index contributed by atoms with van der Waals surface area (Å²) < 4.78 is 49.0. The zero-order valence-corrected chi connectivity index (χ0v) is 14.9. The Morgan fingerprint density at radius 3 is 2.46 bits per heavy atom. The number of esters is 1. The maximum Gasteiger partial charge on any atom is 0.416 e. The number of benzene rings is 1. The number of alkyl halides is 3. The summed E-state index contributed by atoms with van der Waals surface area (Å²) in [7, 11) is 1.16. The second-order valence-electron chi connectivity index (χ2n) is 5.08. The Hall–Kier alpha value is -3.34. The molecule has 28 heavy (non-hydrogen) atoms. The highest BCUT2D eigenvalue weighted by atomic mass is 32.1. The molecule has 2 aromatic rings. The monoisotopic (exact) mass is 415 g/mol. The van der Waals surface area contributed by atoms with Crippen LogP contribution in [0.2, 0.25) is 0 Å². The smallest absolute Gasteiger partial charge is 0.416 e. The van der Waals surface area contributed by atoms with Crippen LogP contribution in [-0.2, 0) is 20.5 Å². The number of amides is 1. The fraction of sp³-hybridized carbons (Fsp3) is 0.118. The van der Waals surface area contributed by atoms with Crippen LogP contribution in [0.15, 0.2) is 41.8 Å². The predicted molar refractivity (Wildman–Crippen MR) is 92.6 cm³/mol. The molecule has 11 heteroatoms. The van der Waals surface area contributed by atoms with Crippen LogP contribution in [0.3, 0.4) is 0 Å². The number of anilines is 1. The Labute approximate surface area is 160 Å². The van der Waals surface area contributed by atoms with E-state index < -0.39 is 29.6 Å². The Bertz CT molecular complexity index is 935. The van der Waals surface area contributed by atoms with Crippen LogP contribution in [0.25, 0.3) is 0 Å². The maximum atomic E-state index is 13.0. The van der Waals surface area contributed by atoms with E-state index in [-0.39, 0.29) is 22.1 Å². The molecule has 1 aromatic carbocycles. The van der Waals surface area contributed by atoms with Gasteiger partial charge in [0.05, 0.1) is 18.4 Å². The van der Waals surface area contributed by atoms with Crippen molar-refractivity contribution in [1.29, 1.82) is 0 Å². The van der Waals surface area contributed by atoms with Crippen molar-refractivity contribution in [3.05, 3.63) is 52.2 Å². The number of aliphatic carboxylic acids is 1. The Kier molecular flexibility index (Phi) is 6.41.